The summed E-state index contributed by atoms with van der Waals surface area (Å²) in [4.78, 5) is 18.9. The van der Waals surface area contributed by atoms with Gasteiger partial charge in [0.25, 0.3) is 5.91 Å². The maximum atomic E-state index is 12.0. The third-order valence-electron chi connectivity index (χ3n) is 3.85. The molecule has 3 rings (SSSR count). The van der Waals surface area contributed by atoms with Crippen LogP contribution in [-0.4, -0.2) is 26.1 Å². The molecular weight excluding hydrogens is 254 g/mol. The molecule has 1 saturated carbocycles. The van der Waals surface area contributed by atoms with Gasteiger partial charge in [0.2, 0.25) is 0 Å². The summed E-state index contributed by atoms with van der Waals surface area (Å²) in [6.45, 7) is 0.417. The second-order valence-corrected chi connectivity index (χ2v) is 5.28. The molecule has 0 atom stereocenters. The Morgan fingerprint density at radius 3 is 2.95 bits per heavy atom. The van der Waals surface area contributed by atoms with Crippen LogP contribution in [0.1, 0.15) is 59.9 Å². The highest BCUT2D eigenvalue weighted by atomic mass is 16.1. The molecule has 1 amide bonds. The summed E-state index contributed by atoms with van der Waals surface area (Å²) in [6, 6.07) is 1.88. The second kappa shape index (κ2) is 5.90. The number of carbonyl (C=O) groups excluding carboxylic acids is 1. The van der Waals surface area contributed by atoms with Crippen molar-refractivity contribution in [3.63, 3.8) is 0 Å². The van der Waals surface area contributed by atoms with Crippen LogP contribution < -0.4 is 5.32 Å². The Bertz CT molecular complexity index is 554. The van der Waals surface area contributed by atoms with Gasteiger partial charge >= 0.3 is 0 Å². The van der Waals surface area contributed by atoms with Gasteiger partial charge in [0.05, 0.1) is 24.3 Å². The van der Waals surface area contributed by atoms with Crippen molar-refractivity contribution in [3.05, 3.63) is 35.7 Å². The molecule has 106 valence electrons. The van der Waals surface area contributed by atoms with Crippen LogP contribution in [0, 0.1) is 0 Å². The molecule has 2 aromatic heterocycles. The molecule has 0 aromatic carbocycles. The van der Waals surface area contributed by atoms with Crippen LogP contribution in [0.3, 0.4) is 0 Å². The van der Waals surface area contributed by atoms with E-state index >= 15 is 0 Å². The van der Waals surface area contributed by atoms with E-state index in [9.17, 15) is 4.79 Å². The third kappa shape index (κ3) is 2.89. The van der Waals surface area contributed by atoms with E-state index in [2.05, 4.69) is 25.5 Å². The summed E-state index contributed by atoms with van der Waals surface area (Å²) in [7, 11) is 0. The van der Waals surface area contributed by atoms with Gasteiger partial charge in [0.15, 0.2) is 0 Å². The van der Waals surface area contributed by atoms with Crippen molar-refractivity contribution in [1.29, 1.82) is 0 Å². The third-order valence-corrected chi connectivity index (χ3v) is 3.85. The van der Waals surface area contributed by atoms with Crippen molar-refractivity contribution in [2.24, 2.45) is 0 Å². The van der Waals surface area contributed by atoms with Gasteiger partial charge in [-0.2, -0.15) is 5.10 Å². The minimum absolute atomic E-state index is 0.137. The van der Waals surface area contributed by atoms with Gasteiger partial charge in [-0.3, -0.25) is 9.89 Å². The lowest BCUT2D eigenvalue weighted by atomic mass is 9.87. The minimum Gasteiger partial charge on any atom is -0.351 e. The van der Waals surface area contributed by atoms with Gasteiger partial charge in [0, 0.05) is 12.1 Å². The molecule has 3 N–H and O–H groups in total. The van der Waals surface area contributed by atoms with Gasteiger partial charge in [-0.1, -0.05) is 19.3 Å². The molecule has 1 fully saturated rings. The Morgan fingerprint density at radius 2 is 2.20 bits per heavy atom. The molecule has 0 spiro atoms. The van der Waals surface area contributed by atoms with E-state index in [1.807, 2.05) is 6.07 Å². The van der Waals surface area contributed by atoms with E-state index in [-0.39, 0.29) is 5.91 Å². The molecule has 2 heterocycles. The van der Waals surface area contributed by atoms with E-state index in [0.29, 0.717) is 18.2 Å². The molecule has 0 bridgehead atoms. The van der Waals surface area contributed by atoms with Crippen molar-refractivity contribution in [1.82, 2.24) is 25.5 Å². The summed E-state index contributed by atoms with van der Waals surface area (Å²) in [5, 5.41) is 9.97. The number of rotatable bonds is 4. The first-order chi connectivity index (χ1) is 9.83. The Hall–Kier alpha value is -2.11. The van der Waals surface area contributed by atoms with Gasteiger partial charge in [0.1, 0.15) is 5.69 Å². The fourth-order valence-electron chi connectivity index (χ4n) is 2.71. The number of aromatic nitrogens is 4. The zero-order valence-corrected chi connectivity index (χ0v) is 11.4. The first kappa shape index (κ1) is 12.9. The quantitative estimate of drug-likeness (QED) is 0.797. The van der Waals surface area contributed by atoms with Crippen molar-refractivity contribution >= 4 is 5.91 Å². The number of nitrogens with one attached hydrogen (secondary N) is 3. The van der Waals surface area contributed by atoms with Gasteiger partial charge in [-0.05, 0) is 18.9 Å². The summed E-state index contributed by atoms with van der Waals surface area (Å²) >= 11 is 0. The molecule has 0 radical (unpaired) electrons. The number of imidazole rings is 1. The highest BCUT2D eigenvalue weighted by Gasteiger charge is 2.19. The number of amides is 1. The van der Waals surface area contributed by atoms with Gasteiger partial charge in [-0.25, -0.2) is 4.98 Å². The standard InChI is InChI=1S/C14H19N5O/c20-14(16-8-11-7-15-9-17-11)13-6-12(18-19-13)10-4-2-1-3-5-10/h6-7,9-10H,1-5,8H2,(H,15,17)(H,16,20)(H,18,19). The normalized spacial score (nSPS) is 16.2. The average molecular weight is 273 g/mol. The van der Waals surface area contributed by atoms with E-state index in [1.54, 1.807) is 12.5 Å². The van der Waals surface area contributed by atoms with Crippen LogP contribution in [0.5, 0.6) is 0 Å². The van der Waals surface area contributed by atoms with E-state index in [1.165, 1.54) is 32.1 Å². The molecular formula is C14H19N5O. The SMILES string of the molecule is O=C(NCc1c[nH]cn1)c1cc(C2CCCCC2)n[nH]1. The lowest BCUT2D eigenvalue weighted by Gasteiger charge is -2.18. The van der Waals surface area contributed by atoms with E-state index < -0.39 is 0 Å². The number of aromatic amines is 2. The first-order valence-electron chi connectivity index (χ1n) is 7.14. The highest BCUT2D eigenvalue weighted by molar-refractivity contribution is 5.92. The van der Waals surface area contributed by atoms with Crippen LogP contribution in [-0.2, 0) is 6.54 Å². The summed E-state index contributed by atoms with van der Waals surface area (Å²) < 4.78 is 0. The van der Waals surface area contributed by atoms with E-state index in [4.69, 9.17) is 0 Å². The number of hydrogen-bond acceptors (Lipinski definition) is 3. The predicted molar refractivity (Wildman–Crippen MR) is 74.2 cm³/mol. The highest BCUT2D eigenvalue weighted by Crippen LogP contribution is 2.31. The molecule has 1 aliphatic rings. The predicted octanol–water partition coefficient (Wildman–Crippen LogP) is 2.11. The fraction of sp³-hybridized carbons (Fsp3) is 0.500. The first-order valence-corrected chi connectivity index (χ1v) is 7.14. The van der Waals surface area contributed by atoms with Crippen LogP contribution >= 0.6 is 0 Å². The van der Waals surface area contributed by atoms with Crippen LogP contribution in [0.15, 0.2) is 18.6 Å². The fourth-order valence-corrected chi connectivity index (χ4v) is 2.71. The maximum absolute atomic E-state index is 12.0. The van der Waals surface area contributed by atoms with Gasteiger partial charge < -0.3 is 10.3 Å². The zero-order valence-electron chi connectivity index (χ0n) is 11.4. The Labute approximate surface area is 117 Å². The number of nitrogens with zero attached hydrogens (tertiary/aromatic N) is 2. The lowest BCUT2D eigenvalue weighted by Crippen LogP contribution is -2.23. The molecule has 20 heavy (non-hydrogen) atoms. The van der Waals surface area contributed by atoms with Crippen molar-refractivity contribution in [2.45, 2.75) is 44.6 Å². The zero-order chi connectivity index (χ0) is 13.8. The summed E-state index contributed by atoms with van der Waals surface area (Å²) in [5.74, 6) is 0.371. The number of carbonyl (C=O) groups is 1. The molecule has 0 saturated heterocycles. The second-order valence-electron chi connectivity index (χ2n) is 5.28. The van der Waals surface area contributed by atoms with E-state index in [0.717, 1.165) is 11.4 Å². The Balaban J connectivity index is 1.59. The topological polar surface area (TPSA) is 86.5 Å². The van der Waals surface area contributed by atoms with Crippen LogP contribution in [0.25, 0.3) is 0 Å². The number of hydrogen-bond donors (Lipinski definition) is 3. The molecule has 0 unspecified atom stereocenters. The Kier molecular flexibility index (Phi) is 3.80. The largest absolute Gasteiger partial charge is 0.351 e. The molecule has 0 aliphatic heterocycles. The smallest absolute Gasteiger partial charge is 0.269 e. The van der Waals surface area contributed by atoms with Crippen molar-refractivity contribution in [2.75, 3.05) is 0 Å². The molecule has 6 heteroatoms. The van der Waals surface area contributed by atoms with Gasteiger partial charge in [-0.15, -0.1) is 0 Å². The number of H-pyrrole nitrogens is 2. The minimum atomic E-state index is -0.137. The monoisotopic (exact) mass is 273 g/mol. The summed E-state index contributed by atoms with van der Waals surface area (Å²) in [6.07, 6.45) is 9.56. The summed E-state index contributed by atoms with van der Waals surface area (Å²) in [5.41, 5.74) is 2.36. The van der Waals surface area contributed by atoms with Crippen molar-refractivity contribution in [3.8, 4) is 0 Å². The lowest BCUT2D eigenvalue weighted by molar-refractivity contribution is 0.0945. The molecule has 2 aromatic rings. The maximum Gasteiger partial charge on any atom is 0.269 e. The van der Waals surface area contributed by atoms with Crippen LogP contribution in [0.4, 0.5) is 0 Å². The van der Waals surface area contributed by atoms with Crippen LogP contribution in [0.2, 0.25) is 0 Å². The molecule has 6 nitrogen and oxygen atoms in total. The molecule has 1 aliphatic carbocycles. The van der Waals surface area contributed by atoms with Crippen molar-refractivity contribution < 1.29 is 4.79 Å². The average Bonchev–Trinajstić information content (AvgIpc) is 3.17. The Morgan fingerprint density at radius 1 is 1.35 bits per heavy atom.